The largest absolute Gasteiger partial charge is 0.497 e. The summed E-state index contributed by atoms with van der Waals surface area (Å²) in [5, 5.41) is 0.715. The van der Waals surface area contributed by atoms with E-state index in [1.165, 1.54) is 0 Å². The summed E-state index contributed by atoms with van der Waals surface area (Å²) in [5.41, 5.74) is 5.06. The molecule has 20 heavy (non-hydrogen) atoms. The van der Waals surface area contributed by atoms with Gasteiger partial charge in [-0.1, -0.05) is 39.7 Å². The first-order valence-electron chi connectivity index (χ1n) is 6.18. The predicted molar refractivity (Wildman–Crippen MR) is 85.9 cm³/mol. The summed E-state index contributed by atoms with van der Waals surface area (Å²) in [6.07, 6.45) is 0.746. The van der Waals surface area contributed by atoms with Crippen LogP contribution in [0.3, 0.4) is 0 Å². The fraction of sp³-hybridized carbons (Fsp3) is 0.200. The number of hydrogen-bond acceptors (Lipinski definition) is 3. The molecule has 0 aliphatic rings. The van der Waals surface area contributed by atoms with Crippen LogP contribution in [0.5, 0.6) is 5.75 Å². The van der Waals surface area contributed by atoms with Crippen LogP contribution in [0.4, 0.5) is 0 Å². The second-order valence-corrected chi connectivity index (χ2v) is 5.72. The van der Waals surface area contributed by atoms with Gasteiger partial charge in [0, 0.05) is 9.50 Å². The summed E-state index contributed by atoms with van der Waals surface area (Å²) in [6, 6.07) is 13.6. The highest BCUT2D eigenvalue weighted by molar-refractivity contribution is 9.10. The Bertz CT molecular complexity index is 575. The van der Waals surface area contributed by atoms with Gasteiger partial charge in [0.1, 0.15) is 5.75 Å². The maximum Gasteiger partial charge on any atom is 0.119 e. The molecule has 0 aliphatic heterocycles. The van der Waals surface area contributed by atoms with Crippen molar-refractivity contribution in [1.29, 1.82) is 0 Å². The van der Waals surface area contributed by atoms with Crippen molar-refractivity contribution in [3.05, 3.63) is 63.1 Å². The topological polar surface area (TPSA) is 47.3 Å². The molecule has 0 bridgehead atoms. The van der Waals surface area contributed by atoms with Crippen LogP contribution in [0, 0.1) is 0 Å². The van der Waals surface area contributed by atoms with Crippen LogP contribution >= 0.6 is 27.5 Å². The number of halogens is 2. The van der Waals surface area contributed by atoms with Gasteiger partial charge in [0.2, 0.25) is 0 Å². The smallest absolute Gasteiger partial charge is 0.119 e. The van der Waals surface area contributed by atoms with Gasteiger partial charge in [-0.05, 0) is 47.9 Å². The minimum atomic E-state index is 0.00988. The van der Waals surface area contributed by atoms with Crippen molar-refractivity contribution in [1.82, 2.24) is 5.43 Å². The summed E-state index contributed by atoms with van der Waals surface area (Å²) in [4.78, 5) is 0. The summed E-state index contributed by atoms with van der Waals surface area (Å²) >= 11 is 9.47. The van der Waals surface area contributed by atoms with Crippen LogP contribution in [-0.2, 0) is 6.42 Å². The zero-order chi connectivity index (χ0) is 14.5. The molecule has 2 aromatic rings. The molecule has 1 atom stereocenters. The average molecular weight is 356 g/mol. The Morgan fingerprint density at radius 3 is 2.55 bits per heavy atom. The molecule has 106 valence electrons. The van der Waals surface area contributed by atoms with Gasteiger partial charge in [-0.15, -0.1) is 0 Å². The number of hydrogen-bond donors (Lipinski definition) is 2. The molecular weight excluding hydrogens is 340 g/mol. The molecule has 0 heterocycles. The lowest BCUT2D eigenvalue weighted by molar-refractivity contribution is 0.413. The van der Waals surface area contributed by atoms with Gasteiger partial charge < -0.3 is 4.74 Å². The molecular formula is C15H16BrClN2O. The Balaban J connectivity index is 2.23. The molecule has 0 saturated carbocycles. The molecule has 3 nitrogen and oxygen atoms in total. The first kappa shape index (κ1) is 15.3. The van der Waals surface area contributed by atoms with E-state index < -0.39 is 0 Å². The Morgan fingerprint density at radius 2 is 1.95 bits per heavy atom. The second-order valence-electron chi connectivity index (χ2n) is 4.43. The SMILES string of the molecule is COc1ccc(Br)c(CC(NN)c2ccc(Cl)cc2)c1. The van der Waals surface area contributed by atoms with E-state index in [1.54, 1.807) is 7.11 Å². The van der Waals surface area contributed by atoms with Gasteiger partial charge in [-0.25, -0.2) is 0 Å². The number of methoxy groups -OCH3 is 1. The van der Waals surface area contributed by atoms with Crippen molar-refractivity contribution in [2.24, 2.45) is 5.84 Å². The number of rotatable bonds is 5. The van der Waals surface area contributed by atoms with Crippen molar-refractivity contribution in [3.63, 3.8) is 0 Å². The molecule has 0 aromatic heterocycles. The van der Waals surface area contributed by atoms with Gasteiger partial charge in [0.15, 0.2) is 0 Å². The molecule has 2 aromatic carbocycles. The molecule has 0 amide bonds. The highest BCUT2D eigenvalue weighted by Crippen LogP contribution is 2.27. The molecule has 5 heteroatoms. The van der Waals surface area contributed by atoms with Crippen molar-refractivity contribution >= 4 is 27.5 Å². The van der Waals surface area contributed by atoms with Crippen molar-refractivity contribution in [2.75, 3.05) is 7.11 Å². The maximum atomic E-state index is 5.91. The lowest BCUT2D eigenvalue weighted by Crippen LogP contribution is -2.29. The first-order valence-corrected chi connectivity index (χ1v) is 7.35. The predicted octanol–water partition coefficient (Wildman–Crippen LogP) is 3.86. The van der Waals surface area contributed by atoms with Gasteiger partial charge >= 0.3 is 0 Å². The van der Waals surface area contributed by atoms with E-state index in [0.29, 0.717) is 5.02 Å². The van der Waals surface area contributed by atoms with E-state index in [4.69, 9.17) is 22.2 Å². The number of hydrazine groups is 1. The van der Waals surface area contributed by atoms with Gasteiger partial charge in [-0.2, -0.15) is 0 Å². The maximum absolute atomic E-state index is 5.91. The van der Waals surface area contributed by atoms with Gasteiger partial charge in [0.05, 0.1) is 13.2 Å². The quantitative estimate of drug-likeness (QED) is 0.632. The standard InChI is InChI=1S/C15H16BrClN2O/c1-20-13-6-7-14(16)11(8-13)9-15(19-18)10-2-4-12(17)5-3-10/h2-8,15,19H,9,18H2,1H3. The van der Waals surface area contributed by atoms with Crippen molar-refractivity contribution in [2.45, 2.75) is 12.5 Å². The Kier molecular flexibility index (Phi) is 5.43. The minimum Gasteiger partial charge on any atom is -0.497 e. The molecule has 0 saturated heterocycles. The number of nitrogens with one attached hydrogen (secondary N) is 1. The average Bonchev–Trinajstić information content (AvgIpc) is 2.47. The summed E-state index contributed by atoms with van der Waals surface area (Å²) < 4.78 is 6.29. The third-order valence-corrected chi connectivity index (χ3v) is 4.18. The summed E-state index contributed by atoms with van der Waals surface area (Å²) in [6.45, 7) is 0. The van der Waals surface area contributed by atoms with E-state index in [2.05, 4.69) is 21.4 Å². The molecule has 0 spiro atoms. The molecule has 0 aliphatic carbocycles. The zero-order valence-electron chi connectivity index (χ0n) is 11.1. The minimum absolute atomic E-state index is 0.00988. The Hall–Kier alpha value is -1.07. The van der Waals surface area contributed by atoms with Crippen molar-refractivity contribution in [3.8, 4) is 5.75 Å². The Labute approximate surface area is 132 Å². The lowest BCUT2D eigenvalue weighted by Gasteiger charge is -2.18. The molecule has 2 rings (SSSR count). The first-order chi connectivity index (χ1) is 9.63. The summed E-state index contributed by atoms with van der Waals surface area (Å²) in [5.74, 6) is 6.51. The molecule has 0 fully saturated rings. The van der Waals surface area contributed by atoms with Gasteiger partial charge in [0.25, 0.3) is 0 Å². The van der Waals surface area contributed by atoms with E-state index in [9.17, 15) is 0 Å². The van der Waals surface area contributed by atoms with E-state index in [1.807, 2.05) is 42.5 Å². The normalized spacial score (nSPS) is 12.2. The number of nitrogens with two attached hydrogens (primary N) is 1. The fourth-order valence-electron chi connectivity index (χ4n) is 2.02. The lowest BCUT2D eigenvalue weighted by atomic mass is 9.99. The van der Waals surface area contributed by atoms with Crippen LogP contribution in [0.2, 0.25) is 5.02 Å². The van der Waals surface area contributed by atoms with Crippen LogP contribution in [0.25, 0.3) is 0 Å². The summed E-state index contributed by atoms with van der Waals surface area (Å²) in [7, 11) is 1.66. The van der Waals surface area contributed by atoms with Crippen LogP contribution in [0.1, 0.15) is 17.2 Å². The third-order valence-electron chi connectivity index (χ3n) is 3.15. The zero-order valence-corrected chi connectivity index (χ0v) is 13.4. The highest BCUT2D eigenvalue weighted by Gasteiger charge is 2.13. The fourth-order valence-corrected chi connectivity index (χ4v) is 2.56. The molecule has 3 N–H and O–H groups in total. The van der Waals surface area contributed by atoms with Crippen LogP contribution in [0.15, 0.2) is 46.9 Å². The highest BCUT2D eigenvalue weighted by atomic mass is 79.9. The Morgan fingerprint density at radius 1 is 1.25 bits per heavy atom. The van der Waals surface area contributed by atoms with Crippen LogP contribution < -0.4 is 16.0 Å². The van der Waals surface area contributed by atoms with E-state index >= 15 is 0 Å². The molecule has 0 radical (unpaired) electrons. The number of ether oxygens (including phenoxy) is 1. The third kappa shape index (κ3) is 3.73. The number of benzene rings is 2. The molecule has 1 unspecified atom stereocenters. The van der Waals surface area contributed by atoms with E-state index in [0.717, 1.165) is 27.8 Å². The second kappa shape index (κ2) is 7.09. The van der Waals surface area contributed by atoms with E-state index in [-0.39, 0.29) is 6.04 Å². The monoisotopic (exact) mass is 354 g/mol. The van der Waals surface area contributed by atoms with Gasteiger partial charge in [-0.3, -0.25) is 11.3 Å². The van der Waals surface area contributed by atoms with Crippen LogP contribution in [-0.4, -0.2) is 7.11 Å². The van der Waals surface area contributed by atoms with Crippen molar-refractivity contribution < 1.29 is 4.74 Å².